The van der Waals surface area contributed by atoms with E-state index in [2.05, 4.69) is 14.5 Å². The second-order valence-corrected chi connectivity index (χ2v) is 20.5. The minimum Gasteiger partial charge on any atom is -0.210 e. The summed E-state index contributed by atoms with van der Waals surface area (Å²) in [5.41, 5.74) is 0. The van der Waals surface area contributed by atoms with Crippen LogP contribution in [-0.2, 0) is 0 Å². The summed E-state index contributed by atoms with van der Waals surface area (Å²) >= 11 is 0. The molecule has 0 amide bonds. The molecule has 0 aliphatic carbocycles. The molecule has 0 atom stereocenters. The molecule has 0 bridgehead atoms. The van der Waals surface area contributed by atoms with Crippen LogP contribution < -0.4 is 31.8 Å². The highest BCUT2D eigenvalue weighted by Gasteiger charge is 2.48. The first-order valence-electron chi connectivity index (χ1n) is 16.5. The lowest BCUT2D eigenvalue weighted by atomic mass is 10.4. The fourth-order valence-electron chi connectivity index (χ4n) is 6.19. The zero-order chi connectivity index (χ0) is 37.9. The van der Waals surface area contributed by atoms with Crippen molar-refractivity contribution in [3.63, 3.8) is 0 Å². The largest absolute Gasteiger partial charge is 0.451 e. The van der Waals surface area contributed by atoms with E-state index in [-0.39, 0.29) is 0 Å². The van der Waals surface area contributed by atoms with Crippen LogP contribution in [0.1, 0.15) is 0 Å². The van der Waals surface area contributed by atoms with Crippen molar-refractivity contribution in [1.29, 1.82) is 0 Å². The van der Waals surface area contributed by atoms with Gasteiger partial charge in [0.1, 0.15) is 0 Å². The van der Waals surface area contributed by atoms with Gasteiger partial charge in [-0.1, -0.05) is 182 Å². The van der Waals surface area contributed by atoms with Crippen molar-refractivity contribution in [3.05, 3.63) is 182 Å². The Hall–Kier alpha value is -5.07. The minimum atomic E-state index is -5.40. The third-order valence-corrected chi connectivity index (χ3v) is 19.7. The number of nitrogens with zero attached hydrogens (tertiary/aromatic N) is 5. The zero-order valence-electron chi connectivity index (χ0n) is 28.2. The average Bonchev–Trinajstić information content (AvgIpc) is 3.20. The van der Waals surface area contributed by atoms with Gasteiger partial charge >= 0.3 is 19.9 Å². The van der Waals surface area contributed by atoms with E-state index in [4.69, 9.17) is 9.03 Å². The summed E-state index contributed by atoms with van der Waals surface area (Å²) in [6, 6.07) is 53.1. The highest BCUT2D eigenvalue weighted by molar-refractivity contribution is 7.94. The first kappa shape index (κ1) is 37.3. The van der Waals surface area contributed by atoms with Crippen LogP contribution in [0.2, 0.25) is 0 Å². The van der Waals surface area contributed by atoms with Gasteiger partial charge in [-0.3, -0.25) is 0 Å². The van der Waals surface area contributed by atoms with Crippen molar-refractivity contribution in [2.24, 2.45) is 23.5 Å². The molecule has 0 spiro atoms. The molecule has 6 aromatic rings. The Morgan fingerprint density at radius 3 is 0.833 bits per heavy atom. The number of benzene rings is 6. The molecule has 7 rings (SSSR count). The smallest absolute Gasteiger partial charge is 0.210 e. The number of rotatable bonds is 8. The number of halogens is 6. The maximum atomic E-state index is 15.0. The maximum absolute atomic E-state index is 15.0. The number of amidine groups is 2. The Kier molecular flexibility index (Phi) is 10.3. The summed E-state index contributed by atoms with van der Waals surface area (Å²) in [5, 5.41) is 3.39. The topological polar surface area (TPSA) is 61.8 Å². The van der Waals surface area contributed by atoms with E-state index in [1.54, 1.807) is 182 Å². The summed E-state index contributed by atoms with van der Waals surface area (Å²) in [6.45, 7) is 0. The van der Waals surface area contributed by atoms with E-state index in [0.29, 0.717) is 31.8 Å². The molecule has 0 fully saturated rings. The van der Waals surface area contributed by atoms with Crippen molar-refractivity contribution in [2.45, 2.75) is 12.4 Å². The first-order valence-corrected chi connectivity index (χ1v) is 21.6. The van der Waals surface area contributed by atoms with Gasteiger partial charge < -0.3 is 0 Å². The molecule has 6 aromatic carbocycles. The average molecular weight is 788 g/mol. The van der Waals surface area contributed by atoms with Gasteiger partial charge in [0.05, 0.1) is 14.1 Å². The quantitative estimate of drug-likeness (QED) is 0.109. The molecule has 272 valence electrons. The van der Waals surface area contributed by atoms with Crippen LogP contribution in [0.15, 0.2) is 206 Å². The number of hydrogen-bond donors (Lipinski definition) is 0. The van der Waals surface area contributed by atoms with E-state index in [1.165, 1.54) is 0 Å². The molecule has 0 N–H and O–H groups in total. The predicted molar refractivity (Wildman–Crippen MR) is 211 cm³/mol. The monoisotopic (exact) mass is 787 g/mol. The summed E-state index contributed by atoms with van der Waals surface area (Å²) in [7, 11) is -12.1. The molecule has 0 radical (unpaired) electrons. The first-order chi connectivity index (χ1) is 26.0. The summed E-state index contributed by atoms with van der Waals surface area (Å²) in [5.74, 6) is -3.99. The maximum Gasteiger partial charge on any atom is 0.451 e. The standard InChI is InChI=1S/C40H30F6N5P3/c41-39(42,43)37-47-38(40(44,45)46)49-54(48-37,50-52(31-19-7-1-8-20-31,32-21-9-2-10-22-32)33-23-11-3-12-24-33)51-53(34-25-13-4-14-26-34,35-27-15-5-16-28-35)36-29-17-6-18-30-36/h1-30H. The van der Waals surface area contributed by atoms with Gasteiger partial charge in [-0.25, -0.2) is 14.0 Å². The molecular formula is C40H30F6N5P3. The molecule has 54 heavy (non-hydrogen) atoms. The lowest BCUT2D eigenvalue weighted by molar-refractivity contribution is -0.0633. The van der Waals surface area contributed by atoms with E-state index in [0.717, 1.165) is 0 Å². The molecular weight excluding hydrogens is 757 g/mol. The van der Waals surface area contributed by atoms with Crippen molar-refractivity contribution >= 4 is 65.1 Å². The van der Waals surface area contributed by atoms with E-state index in [1.807, 2.05) is 0 Å². The van der Waals surface area contributed by atoms with Gasteiger partial charge in [-0.15, -0.1) is 0 Å². The Morgan fingerprint density at radius 2 is 0.611 bits per heavy atom. The lowest BCUT2D eigenvalue weighted by Gasteiger charge is -2.33. The van der Waals surface area contributed by atoms with Gasteiger partial charge in [0.15, 0.2) is 0 Å². The Labute approximate surface area is 308 Å². The molecule has 14 heteroatoms. The number of alkyl halides is 6. The highest BCUT2D eigenvalue weighted by atomic mass is 31.2. The molecule has 1 aliphatic heterocycles. The highest BCUT2D eigenvalue weighted by Crippen LogP contribution is 2.71. The van der Waals surface area contributed by atoms with Crippen LogP contribution in [0, 0.1) is 0 Å². The Balaban J connectivity index is 1.82. The lowest BCUT2D eigenvalue weighted by Crippen LogP contribution is -2.30. The van der Waals surface area contributed by atoms with E-state index >= 15 is 0 Å². The van der Waals surface area contributed by atoms with Gasteiger partial charge in [-0.2, -0.15) is 35.9 Å². The second kappa shape index (κ2) is 15.0. The molecule has 0 unspecified atom stereocenters. The summed E-state index contributed by atoms with van der Waals surface area (Å²) in [4.78, 5) is 3.00. The Morgan fingerprint density at radius 1 is 0.370 bits per heavy atom. The fourth-order valence-corrected chi connectivity index (χ4v) is 18.9. The van der Waals surface area contributed by atoms with Crippen LogP contribution in [0.4, 0.5) is 26.3 Å². The van der Waals surface area contributed by atoms with Gasteiger partial charge in [-0.05, 0) is 0 Å². The van der Waals surface area contributed by atoms with E-state index < -0.39 is 45.6 Å². The van der Waals surface area contributed by atoms with Crippen LogP contribution >= 0.6 is 21.6 Å². The summed E-state index contributed by atoms with van der Waals surface area (Å²) < 4.78 is 109. The number of hydrogen-bond acceptors (Lipinski definition) is 5. The van der Waals surface area contributed by atoms with Crippen molar-refractivity contribution in [1.82, 2.24) is 0 Å². The third-order valence-electron chi connectivity index (χ3n) is 8.46. The van der Waals surface area contributed by atoms with Crippen molar-refractivity contribution in [2.75, 3.05) is 0 Å². The van der Waals surface area contributed by atoms with Crippen LogP contribution in [-0.4, -0.2) is 24.0 Å². The molecule has 1 aliphatic rings. The summed E-state index contributed by atoms with van der Waals surface area (Å²) in [6.07, 6.45) is -10.8. The van der Waals surface area contributed by atoms with Crippen molar-refractivity contribution in [3.8, 4) is 0 Å². The molecule has 0 aromatic heterocycles. The molecule has 5 nitrogen and oxygen atoms in total. The van der Waals surface area contributed by atoms with Crippen LogP contribution in [0.25, 0.3) is 0 Å². The predicted octanol–water partition coefficient (Wildman–Crippen LogP) is 10.2. The molecule has 1 heterocycles. The van der Waals surface area contributed by atoms with E-state index in [9.17, 15) is 26.3 Å². The molecule has 0 saturated heterocycles. The number of aliphatic imine (C=N–C) groups is 1. The van der Waals surface area contributed by atoms with Gasteiger partial charge in [0, 0.05) is 31.8 Å². The third kappa shape index (κ3) is 7.24. The normalized spacial score (nSPS) is 14.6. The second-order valence-electron chi connectivity index (χ2n) is 12.0. The minimum absolute atomic E-state index is 0.565. The van der Waals surface area contributed by atoms with Crippen LogP contribution in [0.5, 0.6) is 0 Å². The fraction of sp³-hybridized carbons (Fsp3) is 0.0500. The van der Waals surface area contributed by atoms with Crippen LogP contribution in [0.3, 0.4) is 0 Å². The SMILES string of the molecule is FC(F)(F)C1=NC(C(F)(F)F)=NP(N=P(c2ccccc2)(c2ccccc2)c2ccccc2)(N=P(c2ccccc2)(c2ccccc2)c2ccccc2)=N1. The van der Waals surface area contributed by atoms with Gasteiger partial charge in [0.2, 0.25) is 11.7 Å². The van der Waals surface area contributed by atoms with Gasteiger partial charge in [0.25, 0.3) is 0 Å². The Bertz CT molecular complexity index is 2110. The zero-order valence-corrected chi connectivity index (χ0v) is 30.8. The molecule has 0 saturated carbocycles. The van der Waals surface area contributed by atoms with Crippen molar-refractivity contribution < 1.29 is 26.3 Å².